The summed E-state index contributed by atoms with van der Waals surface area (Å²) in [6, 6.07) is 1.22. The van der Waals surface area contributed by atoms with Gasteiger partial charge in [0.1, 0.15) is 23.8 Å². The van der Waals surface area contributed by atoms with Crippen LogP contribution in [-0.2, 0) is 15.7 Å². The van der Waals surface area contributed by atoms with E-state index in [1.165, 1.54) is 6.07 Å². The Balaban J connectivity index is 1.88. The van der Waals surface area contributed by atoms with E-state index in [-0.39, 0.29) is 28.8 Å². The number of morpholine rings is 1. The van der Waals surface area contributed by atoms with Gasteiger partial charge >= 0.3 is 12.3 Å². The molecule has 2 aromatic heterocycles. The van der Waals surface area contributed by atoms with Crippen molar-refractivity contribution >= 4 is 23.7 Å². The lowest BCUT2D eigenvalue weighted by molar-refractivity contribution is -0.137. The number of nitrogens with zero attached hydrogens (tertiary/aromatic N) is 5. The van der Waals surface area contributed by atoms with Crippen LogP contribution in [0.15, 0.2) is 18.3 Å². The van der Waals surface area contributed by atoms with Gasteiger partial charge in [0, 0.05) is 30.9 Å². The zero-order valence-electron chi connectivity index (χ0n) is 17.0. The Morgan fingerprint density at radius 2 is 1.97 bits per heavy atom. The fourth-order valence-electron chi connectivity index (χ4n) is 3.63. The first-order valence-corrected chi connectivity index (χ1v) is 9.84. The Bertz CT molecular complexity index is 1020. The van der Waals surface area contributed by atoms with E-state index in [9.17, 15) is 23.1 Å². The number of aromatic nitrogens is 3. The highest BCUT2D eigenvalue weighted by Gasteiger charge is 2.41. The molecule has 3 N–H and O–H groups in total. The number of nitrogens with two attached hydrogens (primary N) is 1. The van der Waals surface area contributed by atoms with Crippen LogP contribution in [0.5, 0.6) is 0 Å². The largest absolute Gasteiger partial charge is 0.444 e. The van der Waals surface area contributed by atoms with Crippen LogP contribution in [0.4, 0.5) is 35.5 Å². The maximum atomic E-state index is 13.7. The molecule has 0 radical (unpaired) electrons. The highest BCUT2D eigenvalue weighted by molar-refractivity contribution is 5.90. The average Bonchev–Trinajstić information content (AvgIpc) is 3.06. The van der Waals surface area contributed by atoms with E-state index >= 15 is 0 Å². The van der Waals surface area contributed by atoms with Gasteiger partial charge in [-0.3, -0.25) is 4.90 Å². The minimum atomic E-state index is -4.72. The van der Waals surface area contributed by atoms with Gasteiger partial charge in [-0.1, -0.05) is 0 Å². The summed E-state index contributed by atoms with van der Waals surface area (Å²) in [5.41, 5.74) is 4.06. The van der Waals surface area contributed by atoms with Gasteiger partial charge in [-0.2, -0.15) is 18.2 Å². The summed E-state index contributed by atoms with van der Waals surface area (Å²) in [6.45, 7) is 2.80. The highest BCUT2D eigenvalue weighted by atomic mass is 19.4. The Hall–Kier alpha value is -3.19. The molecule has 4 heterocycles. The van der Waals surface area contributed by atoms with E-state index in [1.807, 2.05) is 0 Å². The third-order valence-electron chi connectivity index (χ3n) is 5.29. The van der Waals surface area contributed by atoms with Crippen LogP contribution in [0, 0.1) is 0 Å². The topological polar surface area (TPSA) is 127 Å². The monoisotopic (exact) mass is 454 g/mol. The number of anilines is 3. The van der Waals surface area contributed by atoms with Crippen molar-refractivity contribution in [1.29, 1.82) is 0 Å². The summed E-state index contributed by atoms with van der Waals surface area (Å²) < 4.78 is 51.7. The molecule has 4 rings (SSSR count). The van der Waals surface area contributed by atoms with E-state index in [1.54, 1.807) is 11.8 Å². The maximum Gasteiger partial charge on any atom is 0.417 e. The minimum Gasteiger partial charge on any atom is -0.444 e. The molecule has 0 bridgehead atoms. The van der Waals surface area contributed by atoms with Gasteiger partial charge in [0.05, 0.1) is 31.1 Å². The van der Waals surface area contributed by atoms with Crippen LogP contribution in [0.1, 0.15) is 12.5 Å². The van der Waals surface area contributed by atoms with Crippen molar-refractivity contribution in [2.75, 3.05) is 48.4 Å². The average molecular weight is 454 g/mol. The highest BCUT2D eigenvalue weighted by Crippen LogP contribution is 2.38. The molecule has 0 aromatic carbocycles. The quantitative estimate of drug-likeness (QED) is 0.709. The van der Waals surface area contributed by atoms with Gasteiger partial charge in [0.25, 0.3) is 0 Å². The predicted octanol–water partition coefficient (Wildman–Crippen LogP) is 1.68. The van der Waals surface area contributed by atoms with Crippen molar-refractivity contribution in [2.45, 2.75) is 25.2 Å². The second kappa shape index (κ2) is 8.39. The number of rotatable bonds is 4. The number of carbonyl (C=O) groups is 1. The molecular weight excluding hydrogens is 433 g/mol. The lowest BCUT2D eigenvalue weighted by atomic mass is 10.1. The number of halogens is 3. The number of nitrogen functional groups attached to an aromatic ring is 1. The van der Waals surface area contributed by atoms with Crippen LogP contribution in [0.3, 0.4) is 0 Å². The number of hydrogen-bond acceptors (Lipinski definition) is 9. The van der Waals surface area contributed by atoms with E-state index < -0.39 is 36.6 Å². The molecule has 10 nitrogen and oxygen atoms in total. The van der Waals surface area contributed by atoms with Crippen LogP contribution in [0.2, 0.25) is 0 Å². The van der Waals surface area contributed by atoms with Crippen LogP contribution in [0.25, 0.3) is 11.3 Å². The molecule has 2 atom stereocenters. The maximum absolute atomic E-state index is 13.7. The number of aliphatic hydroxyl groups excluding tert-OH is 1. The molecule has 1 amide bonds. The summed E-state index contributed by atoms with van der Waals surface area (Å²) in [5, 5.41) is 9.75. The molecule has 0 unspecified atom stereocenters. The molecule has 2 fully saturated rings. The van der Waals surface area contributed by atoms with Gasteiger partial charge in [-0.15, -0.1) is 0 Å². The third kappa shape index (κ3) is 4.12. The molecule has 13 heteroatoms. The molecular formula is C19H21F3N6O4. The number of pyridine rings is 1. The lowest BCUT2D eigenvalue weighted by Crippen LogP contribution is -2.40. The Labute approximate surface area is 180 Å². The van der Waals surface area contributed by atoms with E-state index in [0.717, 1.165) is 17.2 Å². The second-order valence-electron chi connectivity index (χ2n) is 7.37. The summed E-state index contributed by atoms with van der Waals surface area (Å²) in [4.78, 5) is 27.9. The van der Waals surface area contributed by atoms with Crippen molar-refractivity contribution in [1.82, 2.24) is 15.0 Å². The van der Waals surface area contributed by atoms with Gasteiger partial charge in [-0.25, -0.2) is 14.8 Å². The summed E-state index contributed by atoms with van der Waals surface area (Å²) in [5.74, 6) is -0.161. The Morgan fingerprint density at radius 3 is 2.62 bits per heavy atom. The molecule has 172 valence electrons. The Morgan fingerprint density at radius 1 is 1.25 bits per heavy atom. The zero-order chi connectivity index (χ0) is 23.0. The van der Waals surface area contributed by atoms with Crippen LogP contribution in [-0.4, -0.2) is 71.2 Å². The van der Waals surface area contributed by atoms with Crippen molar-refractivity contribution in [2.24, 2.45) is 0 Å². The lowest BCUT2D eigenvalue weighted by Gasteiger charge is -2.28. The zero-order valence-corrected chi connectivity index (χ0v) is 17.0. The predicted molar refractivity (Wildman–Crippen MR) is 107 cm³/mol. The van der Waals surface area contributed by atoms with Gasteiger partial charge in [-0.05, 0) is 13.0 Å². The van der Waals surface area contributed by atoms with E-state index in [0.29, 0.717) is 26.3 Å². The van der Waals surface area contributed by atoms with Gasteiger partial charge in [0.15, 0.2) is 0 Å². The van der Waals surface area contributed by atoms with Crippen LogP contribution < -0.4 is 15.5 Å². The molecule has 0 spiro atoms. The number of cyclic esters (lactones) is 1. The number of aliphatic hydroxyl groups is 1. The smallest absolute Gasteiger partial charge is 0.417 e. The summed E-state index contributed by atoms with van der Waals surface area (Å²) in [7, 11) is 0. The Kier molecular flexibility index (Phi) is 5.77. The first kappa shape index (κ1) is 22.0. The standard InChI is InChI=1S/C19H21F3N6O4/c1-10-14(9-29)28(18(30)32-10)16-7-13(25-17(26-16)27-2-4-31-5-3-27)11-8-24-15(23)6-12(11)19(20,21)22/h6-8,10,14,29H,2-5,9H2,1H3,(H2,23,24)/t10-,14+/m1/s1. The van der Waals surface area contributed by atoms with Crippen molar-refractivity contribution in [3.63, 3.8) is 0 Å². The van der Waals surface area contributed by atoms with Crippen LogP contribution >= 0.6 is 0 Å². The fourth-order valence-corrected chi connectivity index (χ4v) is 3.63. The molecule has 0 aliphatic carbocycles. The first-order chi connectivity index (χ1) is 15.2. The van der Waals surface area contributed by atoms with E-state index in [2.05, 4.69) is 15.0 Å². The third-order valence-corrected chi connectivity index (χ3v) is 5.29. The summed E-state index contributed by atoms with van der Waals surface area (Å²) in [6.07, 6.45) is -5.13. The van der Waals surface area contributed by atoms with Crippen molar-refractivity contribution < 1.29 is 32.5 Å². The van der Waals surface area contributed by atoms with Crippen molar-refractivity contribution in [3.8, 4) is 11.3 Å². The number of amides is 1. The molecule has 2 aliphatic rings. The van der Waals surface area contributed by atoms with E-state index in [4.69, 9.17) is 15.2 Å². The van der Waals surface area contributed by atoms with Gasteiger partial charge in [0.2, 0.25) is 5.95 Å². The molecule has 0 saturated carbocycles. The normalized spacial score (nSPS) is 21.7. The molecule has 32 heavy (non-hydrogen) atoms. The fraction of sp³-hybridized carbons (Fsp3) is 0.474. The minimum absolute atomic E-state index is 0.00911. The van der Waals surface area contributed by atoms with Gasteiger partial charge < -0.3 is 25.2 Å². The number of ether oxygens (including phenoxy) is 2. The number of carbonyl (C=O) groups excluding carboxylic acids is 1. The number of hydrogen-bond donors (Lipinski definition) is 2. The van der Waals surface area contributed by atoms with Crippen molar-refractivity contribution in [3.05, 3.63) is 23.9 Å². The first-order valence-electron chi connectivity index (χ1n) is 9.84. The SMILES string of the molecule is C[C@H]1OC(=O)N(c2cc(-c3cnc(N)cc3C(F)(F)F)nc(N3CCOCC3)n2)[C@H]1CO. The second-order valence-corrected chi connectivity index (χ2v) is 7.37. The molecule has 2 saturated heterocycles. The molecule has 2 aliphatic heterocycles. The number of alkyl halides is 3. The molecule has 2 aromatic rings. The summed E-state index contributed by atoms with van der Waals surface area (Å²) >= 11 is 0.